The van der Waals surface area contributed by atoms with Crippen molar-refractivity contribution in [1.82, 2.24) is 0 Å². The lowest BCUT2D eigenvalue weighted by Gasteiger charge is -2.18. The summed E-state index contributed by atoms with van der Waals surface area (Å²) in [5, 5.41) is 2.07. The van der Waals surface area contributed by atoms with Crippen LogP contribution < -0.4 is 0 Å². The van der Waals surface area contributed by atoms with E-state index in [0.717, 1.165) is 10.5 Å². The van der Waals surface area contributed by atoms with Gasteiger partial charge in [0.05, 0.1) is 12.7 Å². The molecule has 0 spiro atoms. The smallest absolute Gasteiger partial charge is 0.338 e. The molecule has 0 aliphatic carbocycles. The fourth-order valence-electron chi connectivity index (χ4n) is 1.83. The third kappa shape index (κ3) is 1.87. The Morgan fingerprint density at radius 1 is 1.44 bits per heavy atom. The van der Waals surface area contributed by atoms with Gasteiger partial charge < -0.3 is 4.74 Å². The van der Waals surface area contributed by atoms with E-state index in [1.807, 2.05) is 13.0 Å². The number of carbonyl (C=O) groups is 1. The van der Waals surface area contributed by atoms with Gasteiger partial charge in [-0.25, -0.2) is 4.79 Å². The molecular weight excluding hydrogens is 220 g/mol. The van der Waals surface area contributed by atoms with Gasteiger partial charge in [-0.2, -0.15) is 0 Å². The summed E-state index contributed by atoms with van der Waals surface area (Å²) in [6.45, 7) is 4.11. The van der Waals surface area contributed by atoms with Crippen LogP contribution in [0.25, 0.3) is 0 Å². The quantitative estimate of drug-likeness (QED) is 0.696. The minimum Gasteiger partial charge on any atom is -0.465 e. The number of hydrogen-bond acceptors (Lipinski definition) is 3. The SMILES string of the molecule is COC(=O)c1cc2c(cc1C)C(C)C=CS2. The van der Waals surface area contributed by atoms with Gasteiger partial charge in [-0.05, 0) is 29.5 Å². The number of methoxy groups -OCH3 is 1. The first-order valence-electron chi connectivity index (χ1n) is 5.19. The second kappa shape index (κ2) is 4.34. The van der Waals surface area contributed by atoms with Gasteiger partial charge >= 0.3 is 5.97 Å². The first kappa shape index (κ1) is 11.3. The molecule has 0 fully saturated rings. The number of rotatable bonds is 1. The maximum atomic E-state index is 11.6. The molecule has 0 aromatic heterocycles. The predicted octanol–water partition coefficient (Wildman–Crippen LogP) is 3.50. The van der Waals surface area contributed by atoms with Crippen molar-refractivity contribution in [3.63, 3.8) is 0 Å². The summed E-state index contributed by atoms with van der Waals surface area (Å²) < 4.78 is 4.77. The highest BCUT2D eigenvalue weighted by atomic mass is 32.2. The van der Waals surface area contributed by atoms with Crippen LogP contribution in [-0.2, 0) is 4.74 Å². The third-order valence-electron chi connectivity index (χ3n) is 2.81. The lowest BCUT2D eigenvalue weighted by Crippen LogP contribution is -2.06. The maximum absolute atomic E-state index is 11.6. The molecule has 1 unspecified atom stereocenters. The second-order valence-corrected chi connectivity index (χ2v) is 4.88. The van der Waals surface area contributed by atoms with Crippen LogP contribution in [0.2, 0.25) is 0 Å². The summed E-state index contributed by atoms with van der Waals surface area (Å²) in [7, 11) is 1.41. The first-order valence-corrected chi connectivity index (χ1v) is 6.07. The Morgan fingerprint density at radius 2 is 2.19 bits per heavy atom. The molecule has 0 saturated carbocycles. The normalized spacial score (nSPS) is 18.1. The highest BCUT2D eigenvalue weighted by Gasteiger charge is 2.18. The lowest BCUT2D eigenvalue weighted by molar-refractivity contribution is 0.0599. The Hall–Kier alpha value is -1.22. The summed E-state index contributed by atoms with van der Waals surface area (Å²) >= 11 is 1.65. The predicted molar refractivity (Wildman–Crippen MR) is 65.9 cm³/mol. The largest absolute Gasteiger partial charge is 0.465 e. The van der Waals surface area contributed by atoms with Gasteiger partial charge in [0.25, 0.3) is 0 Å². The Bertz CT molecular complexity index is 463. The van der Waals surface area contributed by atoms with Crippen LogP contribution in [0, 0.1) is 6.92 Å². The van der Waals surface area contributed by atoms with E-state index < -0.39 is 0 Å². The summed E-state index contributed by atoms with van der Waals surface area (Å²) in [5.74, 6) is 0.157. The Morgan fingerprint density at radius 3 is 2.88 bits per heavy atom. The van der Waals surface area contributed by atoms with Gasteiger partial charge in [0.2, 0.25) is 0 Å². The van der Waals surface area contributed by atoms with Crippen LogP contribution in [0.1, 0.15) is 34.3 Å². The van der Waals surface area contributed by atoms with Crippen LogP contribution >= 0.6 is 11.8 Å². The minimum atomic E-state index is -0.261. The molecule has 1 aliphatic rings. The molecule has 0 radical (unpaired) electrons. The lowest BCUT2D eigenvalue weighted by atomic mass is 9.96. The molecule has 0 N–H and O–H groups in total. The Kier molecular flexibility index (Phi) is 3.06. The molecule has 16 heavy (non-hydrogen) atoms. The molecule has 2 nitrogen and oxygen atoms in total. The van der Waals surface area contributed by atoms with Crippen molar-refractivity contribution >= 4 is 17.7 Å². The van der Waals surface area contributed by atoms with Crippen LogP contribution in [0.3, 0.4) is 0 Å². The molecule has 1 aliphatic heterocycles. The third-order valence-corrected chi connectivity index (χ3v) is 3.72. The van der Waals surface area contributed by atoms with Crippen molar-refractivity contribution in [2.45, 2.75) is 24.7 Å². The fourth-order valence-corrected chi connectivity index (χ4v) is 2.86. The second-order valence-electron chi connectivity index (χ2n) is 3.93. The van der Waals surface area contributed by atoms with E-state index in [-0.39, 0.29) is 5.97 Å². The molecule has 1 aromatic rings. The van der Waals surface area contributed by atoms with Crippen molar-refractivity contribution in [1.29, 1.82) is 0 Å². The highest BCUT2D eigenvalue weighted by molar-refractivity contribution is 8.02. The van der Waals surface area contributed by atoms with Gasteiger partial charge in [-0.1, -0.05) is 30.8 Å². The zero-order chi connectivity index (χ0) is 11.7. The maximum Gasteiger partial charge on any atom is 0.338 e. The number of fused-ring (bicyclic) bond motifs is 1. The van der Waals surface area contributed by atoms with Crippen molar-refractivity contribution in [2.24, 2.45) is 0 Å². The number of thioether (sulfide) groups is 1. The van der Waals surface area contributed by atoms with Gasteiger partial charge in [0, 0.05) is 10.8 Å². The first-order chi connectivity index (χ1) is 7.63. The summed E-state index contributed by atoms with van der Waals surface area (Å²) in [6.07, 6.45) is 2.17. The van der Waals surface area contributed by atoms with E-state index in [0.29, 0.717) is 11.5 Å². The van der Waals surface area contributed by atoms with E-state index in [2.05, 4.69) is 24.5 Å². The van der Waals surface area contributed by atoms with E-state index in [9.17, 15) is 4.79 Å². The fraction of sp³-hybridized carbons (Fsp3) is 0.308. The van der Waals surface area contributed by atoms with Crippen molar-refractivity contribution in [3.8, 4) is 0 Å². The van der Waals surface area contributed by atoms with Gasteiger partial charge in [-0.3, -0.25) is 0 Å². The molecule has 0 saturated heterocycles. The number of carbonyl (C=O) groups excluding carboxylic acids is 1. The van der Waals surface area contributed by atoms with Gasteiger partial charge in [-0.15, -0.1) is 0 Å². The Labute approximate surface area is 99.7 Å². The highest BCUT2D eigenvalue weighted by Crippen LogP contribution is 2.37. The summed E-state index contributed by atoms with van der Waals surface area (Å²) in [4.78, 5) is 12.7. The minimum absolute atomic E-state index is 0.261. The van der Waals surface area contributed by atoms with Crippen molar-refractivity contribution in [2.75, 3.05) is 7.11 Å². The monoisotopic (exact) mass is 234 g/mol. The number of allylic oxidation sites excluding steroid dienone is 1. The molecule has 1 atom stereocenters. The molecule has 84 valence electrons. The molecular formula is C13H14O2S. The summed E-state index contributed by atoms with van der Waals surface area (Å²) in [6, 6.07) is 4.02. The standard InChI is InChI=1S/C13H14O2S/c1-8-4-5-16-12-7-11(13(14)15-3)9(2)6-10(8)12/h4-8H,1-3H3. The van der Waals surface area contributed by atoms with Crippen LogP contribution in [0.4, 0.5) is 0 Å². The molecule has 1 aromatic carbocycles. The number of hydrogen-bond donors (Lipinski definition) is 0. The van der Waals surface area contributed by atoms with Crippen molar-refractivity contribution in [3.05, 3.63) is 40.3 Å². The topological polar surface area (TPSA) is 26.3 Å². The van der Waals surface area contributed by atoms with Crippen LogP contribution in [-0.4, -0.2) is 13.1 Å². The van der Waals surface area contributed by atoms with Gasteiger partial charge in [0.1, 0.15) is 0 Å². The zero-order valence-corrected chi connectivity index (χ0v) is 10.4. The van der Waals surface area contributed by atoms with Crippen LogP contribution in [0.15, 0.2) is 28.5 Å². The zero-order valence-electron chi connectivity index (χ0n) is 9.61. The van der Waals surface area contributed by atoms with E-state index in [1.54, 1.807) is 11.8 Å². The van der Waals surface area contributed by atoms with E-state index in [1.165, 1.54) is 12.7 Å². The molecule has 3 heteroatoms. The van der Waals surface area contributed by atoms with E-state index >= 15 is 0 Å². The number of esters is 1. The average Bonchev–Trinajstić information content (AvgIpc) is 2.29. The molecule has 0 amide bonds. The number of ether oxygens (including phenoxy) is 1. The van der Waals surface area contributed by atoms with Crippen LogP contribution in [0.5, 0.6) is 0 Å². The molecule has 1 heterocycles. The van der Waals surface area contributed by atoms with Crippen molar-refractivity contribution < 1.29 is 9.53 Å². The molecule has 2 rings (SSSR count). The van der Waals surface area contributed by atoms with Gasteiger partial charge in [0.15, 0.2) is 0 Å². The molecule has 0 bridgehead atoms. The van der Waals surface area contributed by atoms with E-state index in [4.69, 9.17) is 4.74 Å². The average molecular weight is 234 g/mol. The Balaban J connectivity index is 2.51. The summed E-state index contributed by atoms with van der Waals surface area (Å²) in [5.41, 5.74) is 2.93. The number of aryl methyl sites for hydroxylation is 1. The number of benzene rings is 1.